The van der Waals surface area contributed by atoms with Crippen LogP contribution in [0.5, 0.6) is 11.5 Å². The van der Waals surface area contributed by atoms with Crippen molar-refractivity contribution in [1.82, 2.24) is 15.2 Å². The van der Waals surface area contributed by atoms with Gasteiger partial charge in [0.2, 0.25) is 0 Å². The minimum absolute atomic E-state index is 0.368. The Hall–Kier alpha value is -3.81. The van der Waals surface area contributed by atoms with Crippen LogP contribution in [0.2, 0.25) is 0 Å². The summed E-state index contributed by atoms with van der Waals surface area (Å²) < 4.78 is 10.4. The van der Waals surface area contributed by atoms with E-state index in [1.807, 2.05) is 12.1 Å². The fourth-order valence-electron chi connectivity index (χ4n) is 3.42. The minimum Gasteiger partial charge on any atom is -0.497 e. The van der Waals surface area contributed by atoms with Gasteiger partial charge in [-0.1, -0.05) is 24.3 Å². The van der Waals surface area contributed by atoms with E-state index in [1.165, 1.54) is 0 Å². The second kappa shape index (κ2) is 9.55. The SMILES string of the molecule is COc1ccc([C@H](O)c2cc(-c3ccncc3)c([C@@H](O)c3ccc(OC)cc3)nn2)cc1. The Morgan fingerprint density at radius 1 is 0.688 bits per heavy atom. The van der Waals surface area contributed by atoms with Gasteiger partial charge >= 0.3 is 0 Å². The highest BCUT2D eigenvalue weighted by Gasteiger charge is 2.22. The molecule has 0 aliphatic rings. The molecule has 2 N–H and O–H groups in total. The highest BCUT2D eigenvalue weighted by atomic mass is 16.5. The fourth-order valence-corrected chi connectivity index (χ4v) is 3.42. The molecule has 4 aromatic rings. The Labute approximate surface area is 186 Å². The van der Waals surface area contributed by atoms with Crippen LogP contribution in [0.15, 0.2) is 79.1 Å². The summed E-state index contributed by atoms with van der Waals surface area (Å²) in [6.45, 7) is 0. The number of hydrogen-bond acceptors (Lipinski definition) is 7. The number of pyridine rings is 1. The zero-order chi connectivity index (χ0) is 22.5. The molecule has 0 bridgehead atoms. The van der Waals surface area contributed by atoms with Gasteiger partial charge in [0.25, 0.3) is 0 Å². The maximum atomic E-state index is 11.1. The smallest absolute Gasteiger partial charge is 0.123 e. The summed E-state index contributed by atoms with van der Waals surface area (Å²) in [6.07, 6.45) is 1.34. The zero-order valence-electron chi connectivity index (χ0n) is 17.7. The number of rotatable bonds is 7. The van der Waals surface area contributed by atoms with Gasteiger partial charge in [-0.15, -0.1) is 0 Å². The number of methoxy groups -OCH3 is 2. The number of nitrogens with zero attached hydrogens (tertiary/aromatic N) is 3. The van der Waals surface area contributed by atoms with Crippen molar-refractivity contribution in [2.75, 3.05) is 14.2 Å². The average molecular weight is 429 g/mol. The molecule has 2 heterocycles. The Balaban J connectivity index is 1.75. The predicted molar refractivity (Wildman–Crippen MR) is 119 cm³/mol. The third-order valence-electron chi connectivity index (χ3n) is 5.23. The number of aliphatic hydroxyl groups is 2. The van der Waals surface area contributed by atoms with Crippen molar-refractivity contribution >= 4 is 0 Å². The Morgan fingerprint density at radius 3 is 1.75 bits per heavy atom. The lowest BCUT2D eigenvalue weighted by Gasteiger charge is -2.18. The van der Waals surface area contributed by atoms with Crippen LogP contribution in [-0.4, -0.2) is 39.6 Å². The molecular weight excluding hydrogens is 406 g/mol. The summed E-state index contributed by atoms with van der Waals surface area (Å²) in [4.78, 5) is 4.07. The Bertz CT molecular complexity index is 1170. The highest BCUT2D eigenvalue weighted by molar-refractivity contribution is 5.67. The molecule has 2 aromatic carbocycles. The van der Waals surface area contributed by atoms with Crippen molar-refractivity contribution in [3.63, 3.8) is 0 Å². The van der Waals surface area contributed by atoms with E-state index >= 15 is 0 Å². The molecule has 0 unspecified atom stereocenters. The van der Waals surface area contributed by atoms with E-state index in [0.29, 0.717) is 39.6 Å². The second-order valence-electron chi connectivity index (χ2n) is 7.16. The van der Waals surface area contributed by atoms with Crippen LogP contribution in [-0.2, 0) is 0 Å². The molecule has 7 heteroatoms. The lowest BCUT2D eigenvalue weighted by atomic mass is 9.96. The van der Waals surface area contributed by atoms with Gasteiger partial charge in [-0.3, -0.25) is 4.98 Å². The third kappa shape index (κ3) is 4.44. The molecule has 162 valence electrons. The predicted octanol–water partition coefficient (Wildman–Crippen LogP) is 3.72. The molecule has 32 heavy (non-hydrogen) atoms. The van der Waals surface area contributed by atoms with Crippen molar-refractivity contribution in [3.05, 3.63) is 102 Å². The zero-order valence-corrected chi connectivity index (χ0v) is 17.7. The first-order chi connectivity index (χ1) is 15.6. The van der Waals surface area contributed by atoms with Gasteiger partial charge in [-0.05, 0) is 59.2 Å². The van der Waals surface area contributed by atoms with Gasteiger partial charge in [-0.25, -0.2) is 0 Å². The summed E-state index contributed by atoms with van der Waals surface area (Å²) in [5.41, 5.74) is 3.52. The summed E-state index contributed by atoms with van der Waals surface area (Å²) >= 11 is 0. The van der Waals surface area contributed by atoms with Crippen molar-refractivity contribution in [2.24, 2.45) is 0 Å². The van der Waals surface area contributed by atoms with E-state index < -0.39 is 12.2 Å². The number of benzene rings is 2. The van der Waals surface area contributed by atoms with Crippen molar-refractivity contribution < 1.29 is 19.7 Å². The van der Waals surface area contributed by atoms with Crippen molar-refractivity contribution in [2.45, 2.75) is 12.2 Å². The van der Waals surface area contributed by atoms with Crippen LogP contribution in [0.25, 0.3) is 11.1 Å². The minimum atomic E-state index is -1.01. The first-order valence-electron chi connectivity index (χ1n) is 10.0. The topological polar surface area (TPSA) is 97.6 Å². The van der Waals surface area contributed by atoms with Gasteiger partial charge in [0, 0.05) is 18.0 Å². The molecule has 0 aliphatic carbocycles. The molecule has 0 saturated heterocycles. The lowest BCUT2D eigenvalue weighted by molar-refractivity contribution is 0.206. The van der Waals surface area contributed by atoms with Gasteiger partial charge in [0.05, 0.1) is 19.9 Å². The monoisotopic (exact) mass is 429 g/mol. The number of aromatic nitrogens is 3. The van der Waals surface area contributed by atoms with Crippen LogP contribution in [0.4, 0.5) is 0 Å². The van der Waals surface area contributed by atoms with Crippen LogP contribution in [0.3, 0.4) is 0 Å². The molecule has 2 atom stereocenters. The van der Waals surface area contributed by atoms with E-state index in [2.05, 4.69) is 15.2 Å². The van der Waals surface area contributed by atoms with E-state index in [1.54, 1.807) is 81.2 Å². The first-order valence-corrected chi connectivity index (χ1v) is 10.0. The number of aliphatic hydroxyl groups excluding tert-OH is 2. The maximum absolute atomic E-state index is 11.1. The van der Waals surface area contributed by atoms with E-state index in [9.17, 15) is 10.2 Å². The molecule has 0 amide bonds. The van der Waals surface area contributed by atoms with Gasteiger partial charge < -0.3 is 19.7 Å². The summed E-state index contributed by atoms with van der Waals surface area (Å²) in [5, 5.41) is 30.5. The second-order valence-corrected chi connectivity index (χ2v) is 7.16. The van der Waals surface area contributed by atoms with Crippen molar-refractivity contribution in [3.8, 4) is 22.6 Å². The van der Waals surface area contributed by atoms with Crippen LogP contribution in [0, 0.1) is 0 Å². The van der Waals surface area contributed by atoms with E-state index in [4.69, 9.17) is 9.47 Å². The largest absolute Gasteiger partial charge is 0.497 e. The molecule has 0 spiro atoms. The molecule has 0 fully saturated rings. The van der Waals surface area contributed by atoms with Crippen molar-refractivity contribution in [1.29, 1.82) is 0 Å². The van der Waals surface area contributed by atoms with Crippen LogP contribution >= 0.6 is 0 Å². The van der Waals surface area contributed by atoms with Crippen LogP contribution in [0.1, 0.15) is 34.7 Å². The van der Waals surface area contributed by atoms with Gasteiger partial charge in [0.1, 0.15) is 29.4 Å². The number of ether oxygens (including phenoxy) is 2. The molecule has 4 rings (SSSR count). The van der Waals surface area contributed by atoms with Crippen LogP contribution < -0.4 is 9.47 Å². The molecule has 0 aliphatic heterocycles. The highest BCUT2D eigenvalue weighted by Crippen LogP contribution is 2.33. The molecule has 7 nitrogen and oxygen atoms in total. The van der Waals surface area contributed by atoms with E-state index in [0.717, 1.165) is 5.56 Å². The van der Waals surface area contributed by atoms with E-state index in [-0.39, 0.29) is 0 Å². The standard InChI is InChI=1S/C25H23N3O4/c1-31-19-7-3-17(4-8-19)24(29)22-15-21(16-11-13-26-14-12-16)23(28-27-22)25(30)18-5-9-20(32-2)10-6-18/h3-15,24-25,29-30H,1-2H3/t24-,25-/m0/s1. The average Bonchev–Trinajstić information content (AvgIpc) is 2.88. The normalized spacial score (nSPS) is 12.8. The molecule has 2 aromatic heterocycles. The third-order valence-corrected chi connectivity index (χ3v) is 5.23. The van der Waals surface area contributed by atoms with Gasteiger partial charge in [0.15, 0.2) is 0 Å². The summed E-state index contributed by atoms with van der Waals surface area (Å²) in [7, 11) is 3.18. The van der Waals surface area contributed by atoms with Gasteiger partial charge in [-0.2, -0.15) is 10.2 Å². The molecule has 0 radical (unpaired) electrons. The quantitative estimate of drug-likeness (QED) is 0.462. The first kappa shape index (κ1) is 21.4. The Kier molecular flexibility index (Phi) is 6.39. The fraction of sp³-hybridized carbons (Fsp3) is 0.160. The summed E-state index contributed by atoms with van der Waals surface area (Å²) in [6, 6.07) is 19.6. The molecule has 0 saturated carbocycles. The number of hydrogen-bond donors (Lipinski definition) is 2. The summed E-state index contributed by atoms with van der Waals surface area (Å²) in [5.74, 6) is 1.39. The Morgan fingerprint density at radius 2 is 1.22 bits per heavy atom. The lowest BCUT2D eigenvalue weighted by Crippen LogP contribution is -2.11. The maximum Gasteiger partial charge on any atom is 0.123 e. The molecular formula is C25H23N3O4.